The highest BCUT2D eigenvalue weighted by Crippen LogP contribution is 2.07. The summed E-state index contributed by atoms with van der Waals surface area (Å²) in [4.78, 5) is 5.10. The Kier molecular flexibility index (Phi) is 14.0. The van der Waals surface area contributed by atoms with Crippen LogP contribution >= 0.6 is 9.24 Å². The molecule has 3 nitrogen and oxygen atoms in total. The molecular formula is C14H34N3P. The Morgan fingerprint density at radius 1 is 1.06 bits per heavy atom. The van der Waals surface area contributed by atoms with Crippen LogP contribution < -0.4 is 5.32 Å². The summed E-state index contributed by atoms with van der Waals surface area (Å²) in [6.45, 7) is 9.47. The molecule has 0 aromatic rings. The fourth-order valence-electron chi connectivity index (χ4n) is 2.29. The number of rotatable bonds is 8. The summed E-state index contributed by atoms with van der Waals surface area (Å²) in [5, 5.41) is 3.20. The SMILES string of the molecule is CNCCCCN(C)CCN1CCCCC1.CP. The first kappa shape index (κ1) is 18.3. The van der Waals surface area contributed by atoms with E-state index in [1.54, 1.807) is 0 Å². The minimum absolute atomic E-state index is 1.15. The summed E-state index contributed by atoms with van der Waals surface area (Å²) >= 11 is 0. The summed E-state index contributed by atoms with van der Waals surface area (Å²) in [6, 6.07) is 0. The van der Waals surface area contributed by atoms with Crippen molar-refractivity contribution >= 4 is 9.24 Å². The number of nitrogens with zero attached hydrogens (tertiary/aromatic N) is 2. The quantitative estimate of drug-likeness (QED) is 0.539. The molecule has 4 heteroatoms. The van der Waals surface area contributed by atoms with Crippen LogP contribution in [0.25, 0.3) is 0 Å². The number of likely N-dealkylation sites (tertiary alicyclic amines) is 1. The maximum atomic E-state index is 3.20. The second kappa shape index (κ2) is 13.7. The molecule has 1 atom stereocenters. The number of hydrogen-bond acceptors (Lipinski definition) is 3. The fraction of sp³-hybridized carbons (Fsp3) is 1.00. The lowest BCUT2D eigenvalue weighted by molar-refractivity contribution is 0.195. The van der Waals surface area contributed by atoms with Crippen LogP contribution in [-0.4, -0.2) is 69.8 Å². The highest BCUT2D eigenvalue weighted by molar-refractivity contribution is 7.15. The summed E-state index contributed by atoms with van der Waals surface area (Å²) in [6.07, 6.45) is 6.87. The zero-order chi connectivity index (χ0) is 13.6. The van der Waals surface area contributed by atoms with Crippen molar-refractivity contribution in [2.24, 2.45) is 0 Å². The normalized spacial score (nSPS) is 16.5. The lowest BCUT2D eigenvalue weighted by Crippen LogP contribution is -2.36. The van der Waals surface area contributed by atoms with Gasteiger partial charge in [-0.05, 0) is 66.0 Å². The van der Waals surface area contributed by atoms with Crippen molar-refractivity contribution in [2.45, 2.75) is 32.1 Å². The van der Waals surface area contributed by atoms with Crippen molar-refractivity contribution in [2.75, 3.05) is 60.0 Å². The van der Waals surface area contributed by atoms with E-state index in [1.165, 1.54) is 64.8 Å². The van der Waals surface area contributed by atoms with Gasteiger partial charge in [0.25, 0.3) is 0 Å². The van der Waals surface area contributed by atoms with Crippen molar-refractivity contribution < 1.29 is 0 Å². The number of likely N-dealkylation sites (N-methyl/N-ethyl adjacent to an activating group) is 1. The maximum Gasteiger partial charge on any atom is 0.0109 e. The van der Waals surface area contributed by atoms with Gasteiger partial charge >= 0.3 is 0 Å². The number of unbranched alkanes of at least 4 members (excludes halogenated alkanes) is 1. The first-order valence-corrected chi connectivity index (χ1v) is 8.61. The number of nitrogens with one attached hydrogen (secondary N) is 1. The molecule has 0 aliphatic carbocycles. The Balaban J connectivity index is 0.00000137. The Morgan fingerprint density at radius 3 is 2.33 bits per heavy atom. The zero-order valence-electron chi connectivity index (χ0n) is 12.7. The molecule has 0 amide bonds. The topological polar surface area (TPSA) is 18.5 Å². The van der Waals surface area contributed by atoms with Crippen LogP contribution in [0.1, 0.15) is 32.1 Å². The highest BCUT2D eigenvalue weighted by Gasteiger charge is 2.10. The number of hydrogen-bond donors (Lipinski definition) is 1. The van der Waals surface area contributed by atoms with E-state index < -0.39 is 0 Å². The van der Waals surface area contributed by atoms with Crippen LogP contribution in [0, 0.1) is 0 Å². The predicted molar refractivity (Wildman–Crippen MR) is 86.6 cm³/mol. The van der Waals surface area contributed by atoms with Crippen molar-refractivity contribution in [1.82, 2.24) is 15.1 Å². The molecule has 0 radical (unpaired) electrons. The molecular weight excluding hydrogens is 241 g/mol. The largest absolute Gasteiger partial charge is 0.320 e. The molecule has 1 aliphatic heterocycles. The molecule has 1 N–H and O–H groups in total. The molecule has 0 aromatic heterocycles. The molecule has 0 saturated carbocycles. The minimum Gasteiger partial charge on any atom is -0.320 e. The van der Waals surface area contributed by atoms with Gasteiger partial charge in [0.05, 0.1) is 0 Å². The van der Waals surface area contributed by atoms with Crippen molar-refractivity contribution in [1.29, 1.82) is 0 Å². The summed E-state index contributed by atoms with van der Waals surface area (Å²) in [5.41, 5.74) is 0. The smallest absolute Gasteiger partial charge is 0.0109 e. The van der Waals surface area contributed by atoms with Gasteiger partial charge in [-0.3, -0.25) is 0 Å². The molecule has 0 aromatic carbocycles. The molecule has 1 unspecified atom stereocenters. The van der Waals surface area contributed by atoms with E-state index in [4.69, 9.17) is 0 Å². The maximum absolute atomic E-state index is 3.20. The Morgan fingerprint density at radius 2 is 1.72 bits per heavy atom. The lowest BCUT2D eigenvalue weighted by Gasteiger charge is -2.28. The number of piperidine rings is 1. The third-order valence-corrected chi connectivity index (χ3v) is 3.46. The van der Waals surface area contributed by atoms with Gasteiger partial charge in [0, 0.05) is 13.1 Å². The van der Waals surface area contributed by atoms with Crippen LogP contribution in [0.2, 0.25) is 0 Å². The van der Waals surface area contributed by atoms with Crippen LogP contribution in [0.5, 0.6) is 0 Å². The second-order valence-corrected chi connectivity index (χ2v) is 5.02. The van der Waals surface area contributed by atoms with Gasteiger partial charge in [-0.2, -0.15) is 0 Å². The summed E-state index contributed by atoms with van der Waals surface area (Å²) in [5.74, 6) is 0. The molecule has 1 rings (SSSR count). The first-order chi connectivity index (χ1) is 8.83. The predicted octanol–water partition coefficient (Wildman–Crippen LogP) is 1.90. The monoisotopic (exact) mass is 275 g/mol. The van der Waals surface area contributed by atoms with E-state index in [0.29, 0.717) is 0 Å². The van der Waals surface area contributed by atoms with Gasteiger partial charge in [0.15, 0.2) is 0 Å². The first-order valence-electron chi connectivity index (χ1n) is 7.46. The average Bonchev–Trinajstić information content (AvgIpc) is 2.45. The van der Waals surface area contributed by atoms with Crippen molar-refractivity contribution in [3.05, 3.63) is 0 Å². The molecule has 1 heterocycles. The standard InChI is InChI=1S/C13H29N3.CH5P/c1-14-8-4-7-9-15(2)12-13-16-10-5-3-6-11-16;1-2/h14H,3-13H2,1-2H3;2H2,1H3. The lowest BCUT2D eigenvalue weighted by atomic mass is 10.1. The van der Waals surface area contributed by atoms with Gasteiger partial charge < -0.3 is 15.1 Å². The molecule has 1 fully saturated rings. The summed E-state index contributed by atoms with van der Waals surface area (Å²) in [7, 11) is 6.70. The minimum atomic E-state index is 1.15. The van der Waals surface area contributed by atoms with Crippen LogP contribution in [0.3, 0.4) is 0 Å². The van der Waals surface area contributed by atoms with Gasteiger partial charge in [-0.1, -0.05) is 13.1 Å². The average molecular weight is 275 g/mol. The molecule has 0 bridgehead atoms. The van der Waals surface area contributed by atoms with E-state index in [2.05, 4.69) is 31.4 Å². The Bertz CT molecular complexity index is 161. The van der Waals surface area contributed by atoms with Crippen LogP contribution in [-0.2, 0) is 0 Å². The molecule has 110 valence electrons. The zero-order valence-corrected chi connectivity index (χ0v) is 13.9. The second-order valence-electron chi connectivity index (χ2n) is 5.02. The van der Waals surface area contributed by atoms with E-state index in [0.717, 1.165) is 6.54 Å². The van der Waals surface area contributed by atoms with Gasteiger partial charge in [-0.25, -0.2) is 0 Å². The third kappa shape index (κ3) is 10.3. The third-order valence-electron chi connectivity index (χ3n) is 3.46. The van der Waals surface area contributed by atoms with Crippen molar-refractivity contribution in [3.8, 4) is 0 Å². The van der Waals surface area contributed by atoms with Crippen LogP contribution in [0.15, 0.2) is 0 Å². The highest BCUT2D eigenvalue weighted by atomic mass is 31.0. The van der Waals surface area contributed by atoms with E-state index in [9.17, 15) is 0 Å². The van der Waals surface area contributed by atoms with E-state index in [1.807, 2.05) is 13.7 Å². The van der Waals surface area contributed by atoms with Crippen molar-refractivity contribution in [3.63, 3.8) is 0 Å². The van der Waals surface area contributed by atoms with Crippen LogP contribution in [0.4, 0.5) is 0 Å². The molecule has 0 spiro atoms. The van der Waals surface area contributed by atoms with Gasteiger partial charge in [0.2, 0.25) is 0 Å². The van der Waals surface area contributed by atoms with E-state index >= 15 is 0 Å². The Hall–Kier alpha value is 0.310. The van der Waals surface area contributed by atoms with Gasteiger partial charge in [-0.15, -0.1) is 9.24 Å². The molecule has 1 aliphatic rings. The summed E-state index contributed by atoms with van der Waals surface area (Å²) < 4.78 is 0. The molecule has 18 heavy (non-hydrogen) atoms. The Labute approximate surface area is 117 Å². The van der Waals surface area contributed by atoms with E-state index in [-0.39, 0.29) is 0 Å². The van der Waals surface area contributed by atoms with Gasteiger partial charge in [0.1, 0.15) is 0 Å². The molecule has 1 saturated heterocycles. The fourth-order valence-corrected chi connectivity index (χ4v) is 2.29.